The Bertz CT molecular complexity index is 372. The lowest BCUT2D eigenvalue weighted by Crippen LogP contribution is -2.47. The maximum Gasteiger partial charge on any atom is 0.169 e. The fraction of sp³-hybridized carbons (Fsp3) is 0.700. The Labute approximate surface area is 105 Å². The number of rotatable bonds is 5. The largest absolute Gasteiger partial charge is 0.395 e. The minimum atomic E-state index is 0.213. The van der Waals surface area contributed by atoms with E-state index in [1.54, 1.807) is 0 Å². The quantitative estimate of drug-likeness (QED) is 0.479. The minimum Gasteiger partial charge on any atom is -0.395 e. The second-order valence-corrected chi connectivity index (χ2v) is 4.16. The van der Waals surface area contributed by atoms with E-state index in [1.165, 1.54) is 6.20 Å². The van der Waals surface area contributed by atoms with Gasteiger partial charge in [0.15, 0.2) is 11.5 Å². The summed E-state index contributed by atoms with van der Waals surface area (Å²) in [5.41, 5.74) is 6.22. The topological polar surface area (TPSA) is 104 Å². The van der Waals surface area contributed by atoms with Crippen LogP contribution in [0.15, 0.2) is 15.8 Å². The van der Waals surface area contributed by atoms with Crippen LogP contribution < -0.4 is 5.73 Å². The highest BCUT2D eigenvalue weighted by atomic mass is 16.6. The number of β-amino-alcohol motifs (C(OH)–C–C–N with tert-alkyl or cyclic N) is 1. The van der Waals surface area contributed by atoms with Crippen molar-refractivity contribution in [1.29, 1.82) is 0 Å². The third-order valence-corrected chi connectivity index (χ3v) is 2.95. The predicted octanol–water partition coefficient (Wildman–Crippen LogP) is -1.66. The first kappa shape index (κ1) is 12.9. The van der Waals surface area contributed by atoms with Crippen molar-refractivity contribution < 1.29 is 9.74 Å². The van der Waals surface area contributed by atoms with E-state index in [0.717, 1.165) is 32.7 Å². The third kappa shape index (κ3) is 3.49. The van der Waals surface area contributed by atoms with E-state index in [9.17, 15) is 0 Å². The average molecular weight is 254 g/mol. The number of hydrogen-bond acceptors (Lipinski definition) is 7. The molecule has 0 atom stereocenters. The SMILES string of the molecule is NC(=NCN1CCN(CCO)CC1)c1cnon1. The molecule has 8 heteroatoms. The Morgan fingerprint density at radius 1 is 1.39 bits per heavy atom. The highest BCUT2D eigenvalue weighted by Crippen LogP contribution is 2.01. The predicted molar refractivity (Wildman–Crippen MR) is 65.0 cm³/mol. The van der Waals surface area contributed by atoms with E-state index in [4.69, 9.17) is 10.8 Å². The van der Waals surface area contributed by atoms with Crippen molar-refractivity contribution in [3.05, 3.63) is 11.9 Å². The molecule has 0 unspecified atom stereocenters. The van der Waals surface area contributed by atoms with Gasteiger partial charge in [-0.05, 0) is 5.16 Å². The lowest BCUT2D eigenvalue weighted by molar-refractivity contribution is 0.115. The van der Waals surface area contributed by atoms with Crippen LogP contribution in [0.4, 0.5) is 0 Å². The molecule has 3 N–H and O–H groups in total. The number of hydrogen-bond donors (Lipinski definition) is 2. The van der Waals surface area contributed by atoms with Crippen LogP contribution >= 0.6 is 0 Å². The van der Waals surface area contributed by atoms with Gasteiger partial charge >= 0.3 is 0 Å². The molecule has 0 radical (unpaired) electrons. The summed E-state index contributed by atoms with van der Waals surface area (Å²) < 4.78 is 4.46. The maximum atomic E-state index is 8.85. The Morgan fingerprint density at radius 3 is 2.72 bits per heavy atom. The number of aromatic nitrogens is 2. The number of piperazine rings is 1. The van der Waals surface area contributed by atoms with Crippen LogP contribution in [0.5, 0.6) is 0 Å². The molecule has 2 rings (SSSR count). The van der Waals surface area contributed by atoms with Gasteiger partial charge in [0.05, 0.1) is 13.3 Å². The molecule has 1 aliphatic rings. The van der Waals surface area contributed by atoms with E-state index in [2.05, 4.69) is 29.7 Å². The van der Waals surface area contributed by atoms with Crippen LogP contribution in [0, 0.1) is 0 Å². The van der Waals surface area contributed by atoms with Crippen LogP contribution in [-0.2, 0) is 0 Å². The van der Waals surface area contributed by atoms with Crippen molar-refractivity contribution in [2.45, 2.75) is 0 Å². The second-order valence-electron chi connectivity index (χ2n) is 4.16. The molecule has 0 aromatic carbocycles. The number of nitrogens with two attached hydrogens (primary N) is 1. The van der Waals surface area contributed by atoms with E-state index in [1.807, 2.05) is 0 Å². The monoisotopic (exact) mass is 254 g/mol. The first-order valence-corrected chi connectivity index (χ1v) is 5.93. The number of aliphatic imine (C=N–C) groups is 1. The lowest BCUT2D eigenvalue weighted by atomic mass is 10.3. The summed E-state index contributed by atoms with van der Waals surface area (Å²) in [6, 6.07) is 0. The van der Waals surface area contributed by atoms with Crippen molar-refractivity contribution in [2.75, 3.05) is 46.0 Å². The standard InChI is InChI=1S/C10H18N6O2/c11-10(9-7-13-18-14-9)12-8-16-3-1-15(2-4-16)5-6-17/h7,17H,1-6,8H2,(H2,11,12). The lowest BCUT2D eigenvalue weighted by Gasteiger charge is -2.33. The van der Waals surface area contributed by atoms with Crippen LogP contribution in [0.3, 0.4) is 0 Å². The van der Waals surface area contributed by atoms with Crippen molar-refractivity contribution in [2.24, 2.45) is 10.7 Å². The molecule has 0 aliphatic carbocycles. The molecule has 1 fully saturated rings. The summed E-state index contributed by atoms with van der Waals surface area (Å²) in [5, 5.41) is 15.9. The number of amidine groups is 1. The molecule has 100 valence electrons. The van der Waals surface area contributed by atoms with Crippen LogP contribution in [0.25, 0.3) is 0 Å². The van der Waals surface area contributed by atoms with Gasteiger partial charge in [-0.2, -0.15) is 0 Å². The zero-order valence-electron chi connectivity index (χ0n) is 10.2. The van der Waals surface area contributed by atoms with Crippen molar-refractivity contribution in [3.8, 4) is 0 Å². The molecule has 1 aliphatic heterocycles. The Hall–Kier alpha value is -1.51. The van der Waals surface area contributed by atoms with E-state index >= 15 is 0 Å². The van der Waals surface area contributed by atoms with E-state index in [-0.39, 0.29) is 6.61 Å². The molecule has 18 heavy (non-hydrogen) atoms. The molecule has 0 amide bonds. The molecule has 0 saturated carbocycles. The first-order valence-electron chi connectivity index (χ1n) is 5.93. The average Bonchev–Trinajstić information content (AvgIpc) is 2.92. The fourth-order valence-corrected chi connectivity index (χ4v) is 1.83. The summed E-state index contributed by atoms with van der Waals surface area (Å²) in [5.74, 6) is 0.342. The van der Waals surface area contributed by atoms with Gasteiger partial charge in [-0.25, -0.2) is 4.63 Å². The van der Waals surface area contributed by atoms with Gasteiger partial charge in [-0.15, -0.1) is 0 Å². The molecular weight excluding hydrogens is 236 g/mol. The smallest absolute Gasteiger partial charge is 0.169 e. The third-order valence-electron chi connectivity index (χ3n) is 2.95. The Balaban J connectivity index is 1.76. The summed E-state index contributed by atoms with van der Waals surface area (Å²) in [6.45, 7) is 5.24. The summed E-state index contributed by atoms with van der Waals surface area (Å²) in [7, 11) is 0. The van der Waals surface area contributed by atoms with E-state index < -0.39 is 0 Å². The minimum absolute atomic E-state index is 0.213. The van der Waals surface area contributed by atoms with Gasteiger partial charge in [0, 0.05) is 32.7 Å². The van der Waals surface area contributed by atoms with Crippen molar-refractivity contribution in [1.82, 2.24) is 20.1 Å². The second kappa shape index (κ2) is 6.43. The van der Waals surface area contributed by atoms with Gasteiger partial charge in [0.2, 0.25) is 0 Å². The normalized spacial score (nSPS) is 19.3. The number of aliphatic hydroxyl groups is 1. The van der Waals surface area contributed by atoms with Crippen LogP contribution in [0.2, 0.25) is 0 Å². The molecule has 1 aromatic rings. The molecule has 1 saturated heterocycles. The molecule has 0 spiro atoms. The van der Waals surface area contributed by atoms with Crippen LogP contribution in [-0.4, -0.2) is 77.1 Å². The zero-order valence-corrected chi connectivity index (χ0v) is 10.2. The van der Waals surface area contributed by atoms with Gasteiger partial charge in [-0.1, -0.05) is 5.16 Å². The van der Waals surface area contributed by atoms with Gasteiger partial charge in [0.1, 0.15) is 6.20 Å². The maximum absolute atomic E-state index is 8.85. The summed E-state index contributed by atoms with van der Waals surface area (Å²) >= 11 is 0. The molecule has 8 nitrogen and oxygen atoms in total. The van der Waals surface area contributed by atoms with Crippen molar-refractivity contribution >= 4 is 5.84 Å². The van der Waals surface area contributed by atoms with Crippen molar-refractivity contribution in [3.63, 3.8) is 0 Å². The Kier molecular flexibility index (Phi) is 4.62. The molecule has 0 bridgehead atoms. The zero-order chi connectivity index (χ0) is 12.8. The van der Waals surface area contributed by atoms with Gasteiger partial charge in [0.25, 0.3) is 0 Å². The van der Waals surface area contributed by atoms with E-state index in [0.29, 0.717) is 18.2 Å². The van der Waals surface area contributed by atoms with Gasteiger partial charge < -0.3 is 10.8 Å². The Morgan fingerprint density at radius 2 is 2.11 bits per heavy atom. The van der Waals surface area contributed by atoms with Gasteiger partial charge in [-0.3, -0.25) is 14.8 Å². The number of nitrogens with zero attached hydrogens (tertiary/aromatic N) is 5. The fourth-order valence-electron chi connectivity index (χ4n) is 1.83. The number of aliphatic hydroxyl groups excluding tert-OH is 1. The summed E-state index contributed by atoms with van der Waals surface area (Å²) in [4.78, 5) is 8.68. The molecular formula is C10H18N6O2. The first-order chi connectivity index (χ1) is 8.79. The summed E-state index contributed by atoms with van der Waals surface area (Å²) in [6.07, 6.45) is 1.44. The van der Waals surface area contributed by atoms with Crippen LogP contribution in [0.1, 0.15) is 5.69 Å². The molecule has 1 aromatic heterocycles. The highest BCUT2D eigenvalue weighted by molar-refractivity contribution is 5.95. The highest BCUT2D eigenvalue weighted by Gasteiger charge is 2.15. The molecule has 2 heterocycles.